The van der Waals surface area contributed by atoms with Gasteiger partial charge in [-0.25, -0.2) is 0 Å². The number of ether oxygens (including phenoxy) is 2. The molecule has 4 heterocycles. The second-order valence-electron chi connectivity index (χ2n) is 7.20. The number of benzene rings is 1. The highest BCUT2D eigenvalue weighted by molar-refractivity contribution is 7.99. The van der Waals surface area contributed by atoms with E-state index in [-0.39, 0.29) is 11.9 Å². The zero-order valence-electron chi connectivity index (χ0n) is 16.0. The van der Waals surface area contributed by atoms with Crippen LogP contribution in [0, 0.1) is 0 Å². The molecule has 2 aliphatic rings. The number of pyridine rings is 1. The van der Waals surface area contributed by atoms with Crippen molar-refractivity contribution >= 4 is 23.3 Å². The number of hydrogen-bond acceptors (Lipinski definition) is 6. The van der Waals surface area contributed by atoms with Gasteiger partial charge < -0.3 is 14.4 Å². The Kier molecular flexibility index (Phi) is 5.01. The van der Waals surface area contributed by atoms with Crippen molar-refractivity contribution in [3.8, 4) is 11.5 Å². The average molecular weight is 410 g/mol. The normalized spacial score (nSPS) is 18.8. The van der Waals surface area contributed by atoms with E-state index >= 15 is 0 Å². The number of carbonyl (C=O) groups excluding carboxylic acids is 1. The van der Waals surface area contributed by atoms with Gasteiger partial charge in [-0.2, -0.15) is 0 Å². The summed E-state index contributed by atoms with van der Waals surface area (Å²) < 4.78 is 13.5. The Hall–Kier alpha value is -2.74. The van der Waals surface area contributed by atoms with Crippen LogP contribution in [0.5, 0.6) is 11.5 Å². The number of likely N-dealkylation sites (tertiary alicyclic amines) is 1. The van der Waals surface area contributed by atoms with Crippen LogP contribution in [-0.2, 0) is 4.79 Å². The van der Waals surface area contributed by atoms with Crippen molar-refractivity contribution in [2.24, 2.45) is 0 Å². The van der Waals surface area contributed by atoms with Crippen molar-refractivity contribution in [1.82, 2.24) is 19.5 Å². The lowest BCUT2D eigenvalue weighted by Gasteiger charge is -2.25. The Morgan fingerprint density at radius 1 is 1.10 bits per heavy atom. The van der Waals surface area contributed by atoms with E-state index in [0.717, 1.165) is 53.7 Å². The second-order valence-corrected chi connectivity index (χ2v) is 8.14. The summed E-state index contributed by atoms with van der Waals surface area (Å²) in [6.07, 6.45) is 4.76. The molecule has 1 fully saturated rings. The van der Waals surface area contributed by atoms with Crippen LogP contribution in [0.15, 0.2) is 47.8 Å². The monoisotopic (exact) mass is 410 g/mol. The molecule has 7 nitrogen and oxygen atoms in total. The van der Waals surface area contributed by atoms with Crippen LogP contribution in [-0.4, -0.2) is 50.9 Å². The molecule has 0 spiro atoms. The van der Waals surface area contributed by atoms with E-state index in [2.05, 4.69) is 16.3 Å². The lowest BCUT2D eigenvalue weighted by atomic mass is 10.0. The fourth-order valence-electron chi connectivity index (χ4n) is 3.93. The van der Waals surface area contributed by atoms with Gasteiger partial charge in [-0.05, 0) is 42.7 Å². The highest BCUT2D eigenvalue weighted by Gasteiger charge is 2.31. The Morgan fingerprint density at radius 3 is 2.93 bits per heavy atom. The van der Waals surface area contributed by atoms with Gasteiger partial charge in [0.15, 0.2) is 22.3 Å². The lowest BCUT2D eigenvalue weighted by Crippen LogP contribution is -2.32. The quantitative estimate of drug-likeness (QED) is 0.615. The summed E-state index contributed by atoms with van der Waals surface area (Å²) in [7, 11) is 0. The second kappa shape index (κ2) is 7.94. The van der Waals surface area contributed by atoms with Gasteiger partial charge >= 0.3 is 0 Å². The molecule has 0 saturated carbocycles. The molecule has 8 heteroatoms. The van der Waals surface area contributed by atoms with Crippen LogP contribution in [0.25, 0.3) is 5.65 Å². The summed E-state index contributed by atoms with van der Waals surface area (Å²) in [6, 6.07) is 11.9. The van der Waals surface area contributed by atoms with Gasteiger partial charge in [0, 0.05) is 19.2 Å². The molecule has 0 bridgehead atoms. The van der Waals surface area contributed by atoms with Crippen molar-refractivity contribution in [1.29, 1.82) is 0 Å². The zero-order valence-corrected chi connectivity index (χ0v) is 16.8. The SMILES string of the molecule is O=C(CSc1nnc2ccccn12)N1CCC[C@H]1c1ccc2c(c1)OCCCO2. The molecule has 3 aromatic rings. The van der Waals surface area contributed by atoms with Crippen LogP contribution in [0.3, 0.4) is 0 Å². The maximum absolute atomic E-state index is 13.0. The highest BCUT2D eigenvalue weighted by atomic mass is 32.2. The van der Waals surface area contributed by atoms with Gasteiger partial charge in [0.05, 0.1) is 25.0 Å². The fourth-order valence-corrected chi connectivity index (χ4v) is 4.74. The molecule has 1 atom stereocenters. The van der Waals surface area contributed by atoms with Crippen molar-refractivity contribution in [2.75, 3.05) is 25.5 Å². The van der Waals surface area contributed by atoms with Gasteiger partial charge in [0.2, 0.25) is 5.91 Å². The molecule has 5 rings (SSSR count). The Balaban J connectivity index is 1.30. The first-order valence-electron chi connectivity index (χ1n) is 9.91. The van der Waals surface area contributed by atoms with Crippen molar-refractivity contribution in [3.05, 3.63) is 48.2 Å². The summed E-state index contributed by atoms with van der Waals surface area (Å²) >= 11 is 1.43. The Bertz CT molecular complexity index is 1040. The smallest absolute Gasteiger partial charge is 0.233 e. The summed E-state index contributed by atoms with van der Waals surface area (Å²) in [6.45, 7) is 2.11. The molecule has 0 aliphatic carbocycles. The first kappa shape index (κ1) is 18.3. The molecular formula is C21H22N4O3S. The van der Waals surface area contributed by atoms with Crippen LogP contribution >= 0.6 is 11.8 Å². The predicted molar refractivity (Wildman–Crippen MR) is 109 cm³/mol. The van der Waals surface area contributed by atoms with Crippen molar-refractivity contribution < 1.29 is 14.3 Å². The Labute approximate surface area is 173 Å². The largest absolute Gasteiger partial charge is 0.490 e. The first-order valence-corrected chi connectivity index (χ1v) is 10.9. The molecule has 2 aromatic heterocycles. The van der Waals surface area contributed by atoms with Crippen molar-refractivity contribution in [2.45, 2.75) is 30.5 Å². The minimum atomic E-state index is 0.0791. The molecule has 0 N–H and O–H groups in total. The third-order valence-electron chi connectivity index (χ3n) is 5.34. The molecule has 2 aliphatic heterocycles. The van der Waals surface area contributed by atoms with Crippen molar-refractivity contribution in [3.63, 3.8) is 0 Å². The van der Waals surface area contributed by atoms with Gasteiger partial charge in [0.25, 0.3) is 0 Å². The van der Waals surface area contributed by atoms with E-state index in [0.29, 0.717) is 19.0 Å². The predicted octanol–water partition coefficient (Wildman–Crippen LogP) is 3.35. The van der Waals surface area contributed by atoms with Gasteiger partial charge in [-0.15, -0.1) is 10.2 Å². The summed E-state index contributed by atoms with van der Waals surface area (Å²) in [4.78, 5) is 15.0. The number of thioether (sulfide) groups is 1. The molecular weight excluding hydrogens is 388 g/mol. The molecule has 0 unspecified atom stereocenters. The van der Waals surface area contributed by atoms with Crippen LogP contribution in [0.4, 0.5) is 0 Å². The standard InChI is InChI=1S/C21H22N4O3S/c26-20(14-29-21-23-22-19-6-1-2-9-25(19)21)24-10-3-5-16(24)15-7-8-17-18(13-15)28-12-4-11-27-17/h1-2,6-9,13,16H,3-5,10-12,14H2/t16-/m0/s1. The van der Waals surface area contributed by atoms with Gasteiger partial charge in [0.1, 0.15) is 0 Å². The van der Waals surface area contributed by atoms with E-state index in [1.165, 1.54) is 11.8 Å². The van der Waals surface area contributed by atoms with Gasteiger partial charge in [-0.3, -0.25) is 9.20 Å². The fraction of sp³-hybridized carbons (Fsp3) is 0.381. The maximum atomic E-state index is 13.0. The number of rotatable bonds is 4. The summed E-state index contributed by atoms with van der Waals surface area (Å²) in [5.41, 5.74) is 1.90. The minimum Gasteiger partial charge on any atom is -0.490 e. The van der Waals surface area contributed by atoms with E-state index in [4.69, 9.17) is 9.47 Å². The van der Waals surface area contributed by atoms with Crippen LogP contribution in [0.1, 0.15) is 30.9 Å². The van der Waals surface area contributed by atoms with Gasteiger partial charge in [-0.1, -0.05) is 23.9 Å². The lowest BCUT2D eigenvalue weighted by molar-refractivity contribution is -0.129. The summed E-state index contributed by atoms with van der Waals surface area (Å²) in [5.74, 6) is 2.04. The maximum Gasteiger partial charge on any atom is 0.233 e. The number of amides is 1. The van der Waals surface area contributed by atoms with E-state index in [1.807, 2.05) is 45.8 Å². The molecule has 29 heavy (non-hydrogen) atoms. The van der Waals surface area contributed by atoms with Crippen LogP contribution < -0.4 is 9.47 Å². The number of fused-ring (bicyclic) bond motifs is 2. The number of carbonyl (C=O) groups is 1. The first-order chi connectivity index (χ1) is 14.3. The molecule has 1 saturated heterocycles. The molecule has 1 amide bonds. The third kappa shape index (κ3) is 3.64. The zero-order chi connectivity index (χ0) is 19.6. The highest BCUT2D eigenvalue weighted by Crippen LogP contribution is 2.38. The number of hydrogen-bond donors (Lipinski definition) is 0. The van der Waals surface area contributed by atoms with E-state index < -0.39 is 0 Å². The third-order valence-corrected chi connectivity index (χ3v) is 6.26. The molecule has 0 radical (unpaired) electrons. The topological polar surface area (TPSA) is 69.0 Å². The van der Waals surface area contributed by atoms with E-state index in [1.54, 1.807) is 0 Å². The molecule has 1 aromatic carbocycles. The Morgan fingerprint density at radius 2 is 2.00 bits per heavy atom. The minimum absolute atomic E-state index is 0.0791. The summed E-state index contributed by atoms with van der Waals surface area (Å²) in [5, 5.41) is 9.09. The number of aromatic nitrogens is 3. The molecule has 150 valence electrons. The van der Waals surface area contributed by atoms with Crippen LogP contribution in [0.2, 0.25) is 0 Å². The van der Waals surface area contributed by atoms with E-state index in [9.17, 15) is 4.79 Å². The average Bonchev–Trinajstić information content (AvgIpc) is 3.33. The number of nitrogens with zero attached hydrogens (tertiary/aromatic N) is 4.